The van der Waals surface area contributed by atoms with E-state index in [1.807, 2.05) is 29.2 Å². The van der Waals surface area contributed by atoms with E-state index < -0.39 is 11.8 Å². The van der Waals surface area contributed by atoms with Gasteiger partial charge in [0.25, 0.3) is 11.9 Å². The number of carbonyl (C=O) groups is 3. The molecular formula is C24H21N5O5S. The highest BCUT2D eigenvalue weighted by Gasteiger charge is 2.36. The summed E-state index contributed by atoms with van der Waals surface area (Å²) in [5, 5.41) is 2.99. The van der Waals surface area contributed by atoms with Crippen molar-refractivity contribution < 1.29 is 23.2 Å². The Hall–Kier alpha value is -3.99. The van der Waals surface area contributed by atoms with Crippen molar-refractivity contribution in [2.75, 3.05) is 36.4 Å². The van der Waals surface area contributed by atoms with Crippen molar-refractivity contribution in [3.8, 4) is 0 Å². The topological polar surface area (TPSA) is 122 Å². The predicted octanol–water partition coefficient (Wildman–Crippen LogP) is 3.22. The monoisotopic (exact) mass is 491 g/mol. The van der Waals surface area contributed by atoms with Crippen molar-refractivity contribution in [2.24, 2.45) is 5.92 Å². The zero-order valence-electron chi connectivity index (χ0n) is 18.6. The Morgan fingerprint density at radius 1 is 1.03 bits per heavy atom. The molecule has 1 fully saturated rings. The number of thiazole rings is 1. The molecule has 1 aliphatic carbocycles. The Balaban J connectivity index is 1.10. The third-order valence-electron chi connectivity index (χ3n) is 6.28. The molecule has 35 heavy (non-hydrogen) atoms. The van der Waals surface area contributed by atoms with Crippen molar-refractivity contribution in [1.82, 2.24) is 14.9 Å². The van der Waals surface area contributed by atoms with Crippen LogP contribution in [0.2, 0.25) is 0 Å². The van der Waals surface area contributed by atoms with Gasteiger partial charge in [-0.1, -0.05) is 23.5 Å². The number of anilines is 2. The lowest BCUT2D eigenvalue weighted by molar-refractivity contribution is -0.135. The number of Topliss-reactive ketones (excluding diaryl/α,β-unsaturated/α-hetero) is 1. The number of fused-ring (bicyclic) bond motifs is 2. The number of nitrogens with zero attached hydrogens (tertiary/aromatic N) is 4. The molecule has 11 heteroatoms. The quantitative estimate of drug-likeness (QED) is 0.462. The van der Waals surface area contributed by atoms with Gasteiger partial charge < -0.3 is 18.6 Å². The molecule has 4 aromatic rings. The van der Waals surface area contributed by atoms with Crippen LogP contribution < -0.4 is 10.2 Å². The zero-order valence-corrected chi connectivity index (χ0v) is 19.4. The van der Waals surface area contributed by atoms with E-state index in [-0.39, 0.29) is 23.9 Å². The van der Waals surface area contributed by atoms with E-state index >= 15 is 0 Å². The van der Waals surface area contributed by atoms with Crippen molar-refractivity contribution in [3.63, 3.8) is 0 Å². The molecule has 1 N–H and O–H groups in total. The van der Waals surface area contributed by atoms with Crippen LogP contribution in [0, 0.1) is 5.92 Å². The molecule has 0 spiro atoms. The summed E-state index contributed by atoms with van der Waals surface area (Å²) in [6.07, 6.45) is 1.93. The van der Waals surface area contributed by atoms with Gasteiger partial charge in [0, 0.05) is 39.0 Å². The minimum absolute atomic E-state index is 0.0459. The predicted molar refractivity (Wildman–Crippen MR) is 128 cm³/mol. The highest BCUT2D eigenvalue weighted by atomic mass is 32.1. The normalized spacial score (nSPS) is 18.1. The third kappa shape index (κ3) is 4.08. The van der Waals surface area contributed by atoms with E-state index in [0.29, 0.717) is 54.3 Å². The van der Waals surface area contributed by atoms with Gasteiger partial charge in [0.2, 0.25) is 5.91 Å². The van der Waals surface area contributed by atoms with E-state index in [9.17, 15) is 14.4 Å². The van der Waals surface area contributed by atoms with E-state index in [1.54, 1.807) is 17.0 Å². The van der Waals surface area contributed by atoms with Crippen LogP contribution >= 0.6 is 11.3 Å². The summed E-state index contributed by atoms with van der Waals surface area (Å²) >= 11 is 1.13. The first-order valence-electron chi connectivity index (χ1n) is 11.3. The third-order valence-corrected chi connectivity index (χ3v) is 7.34. The molecule has 178 valence electrons. The van der Waals surface area contributed by atoms with Gasteiger partial charge in [0.05, 0.1) is 22.8 Å². The number of hydrogen-bond donors (Lipinski definition) is 1. The van der Waals surface area contributed by atoms with Gasteiger partial charge in [-0.15, -0.1) is 0 Å². The molecule has 3 aromatic heterocycles. The molecule has 6 rings (SSSR count). The lowest BCUT2D eigenvalue weighted by Gasteiger charge is -2.36. The smallest absolute Gasteiger partial charge is 0.298 e. The minimum atomic E-state index is -0.457. The number of rotatable bonds is 4. The number of para-hydroxylation sites is 2. The molecule has 1 atom stereocenters. The first-order chi connectivity index (χ1) is 17.0. The summed E-state index contributed by atoms with van der Waals surface area (Å²) < 4.78 is 10.9. The van der Waals surface area contributed by atoms with Crippen molar-refractivity contribution in [3.05, 3.63) is 59.0 Å². The summed E-state index contributed by atoms with van der Waals surface area (Å²) in [5.41, 5.74) is 2.10. The summed E-state index contributed by atoms with van der Waals surface area (Å²) in [6, 6.07) is 11.3. The van der Waals surface area contributed by atoms with Crippen LogP contribution in [-0.2, 0) is 11.2 Å². The Kier molecular flexibility index (Phi) is 5.33. The maximum absolute atomic E-state index is 13.2. The van der Waals surface area contributed by atoms with E-state index in [0.717, 1.165) is 22.4 Å². The number of piperazine rings is 1. The Labute approximate surface area is 203 Å². The lowest BCUT2D eigenvalue weighted by atomic mass is 9.88. The van der Waals surface area contributed by atoms with Crippen molar-refractivity contribution in [1.29, 1.82) is 0 Å². The standard InChI is InChI=1S/C24H21N5O5S/c30-17-13-14(12-16-20(17)35-23(25-16)27-21(31)19-6-3-11-33-19)22(32)28-7-9-29(10-8-28)24-26-15-4-1-2-5-18(15)34-24/h1-6,11,14H,7-10,12-13H2,(H,25,27,31). The second-order valence-electron chi connectivity index (χ2n) is 8.53. The van der Waals surface area contributed by atoms with Crippen molar-refractivity contribution in [2.45, 2.75) is 12.8 Å². The number of aromatic nitrogens is 2. The second-order valence-corrected chi connectivity index (χ2v) is 9.53. The molecule has 10 nitrogen and oxygen atoms in total. The van der Waals surface area contributed by atoms with Crippen LogP contribution in [0.4, 0.5) is 11.1 Å². The summed E-state index contributed by atoms with van der Waals surface area (Å²) in [4.78, 5) is 51.5. The highest BCUT2D eigenvalue weighted by Crippen LogP contribution is 2.33. The number of furan rings is 1. The average Bonchev–Trinajstić information content (AvgIpc) is 3.63. The molecule has 1 saturated heterocycles. The molecule has 0 saturated carbocycles. The van der Waals surface area contributed by atoms with E-state index in [2.05, 4.69) is 15.3 Å². The number of hydrogen-bond acceptors (Lipinski definition) is 9. The number of oxazole rings is 1. The summed E-state index contributed by atoms with van der Waals surface area (Å²) in [7, 11) is 0. The number of carbonyl (C=O) groups excluding carboxylic acids is 3. The molecule has 1 aromatic carbocycles. The second kappa shape index (κ2) is 8.66. The van der Waals surface area contributed by atoms with Crippen LogP contribution in [0.3, 0.4) is 0 Å². The van der Waals surface area contributed by atoms with Gasteiger partial charge in [-0.05, 0) is 24.3 Å². The van der Waals surface area contributed by atoms with Gasteiger partial charge in [-0.25, -0.2) is 4.98 Å². The largest absolute Gasteiger partial charge is 0.459 e. The van der Waals surface area contributed by atoms with E-state index in [4.69, 9.17) is 8.83 Å². The Morgan fingerprint density at radius 3 is 2.63 bits per heavy atom. The Morgan fingerprint density at radius 2 is 1.86 bits per heavy atom. The van der Waals surface area contributed by atoms with Crippen LogP contribution in [-0.4, -0.2) is 58.6 Å². The van der Waals surface area contributed by atoms with Crippen molar-refractivity contribution >= 4 is 51.2 Å². The van der Waals surface area contributed by atoms with Crippen LogP contribution in [0.5, 0.6) is 0 Å². The fraction of sp³-hybridized carbons (Fsp3) is 0.292. The average molecular weight is 492 g/mol. The van der Waals surface area contributed by atoms with Gasteiger partial charge >= 0.3 is 0 Å². The molecular weight excluding hydrogens is 470 g/mol. The van der Waals surface area contributed by atoms with Crippen LogP contribution in [0.1, 0.15) is 32.3 Å². The SMILES string of the molecule is O=C(Nc1nc2c(s1)C(=O)CC(C(=O)N1CCN(c3nc4ccccc4o3)CC1)C2)c1ccco1. The number of amides is 2. The van der Waals surface area contributed by atoms with Crippen LogP contribution in [0.25, 0.3) is 11.1 Å². The fourth-order valence-corrected chi connectivity index (χ4v) is 5.43. The summed E-state index contributed by atoms with van der Waals surface area (Å²) in [6.45, 7) is 2.25. The molecule has 1 unspecified atom stereocenters. The zero-order chi connectivity index (χ0) is 23.9. The summed E-state index contributed by atoms with van der Waals surface area (Å²) in [5.74, 6) is -0.893. The number of benzene rings is 1. The fourth-order valence-electron chi connectivity index (χ4n) is 4.50. The molecule has 1 aliphatic heterocycles. The van der Waals surface area contributed by atoms with Gasteiger partial charge in [-0.3, -0.25) is 19.7 Å². The van der Waals surface area contributed by atoms with E-state index in [1.165, 1.54) is 6.26 Å². The molecule has 2 amide bonds. The molecule has 0 radical (unpaired) electrons. The number of nitrogens with one attached hydrogen (secondary N) is 1. The first kappa shape index (κ1) is 21.5. The lowest BCUT2D eigenvalue weighted by Crippen LogP contribution is -2.51. The number of ketones is 1. The molecule has 4 heterocycles. The van der Waals surface area contributed by atoms with Gasteiger partial charge in [-0.2, -0.15) is 4.98 Å². The maximum Gasteiger partial charge on any atom is 0.298 e. The molecule has 0 bridgehead atoms. The van der Waals surface area contributed by atoms with Crippen LogP contribution in [0.15, 0.2) is 51.5 Å². The van der Waals surface area contributed by atoms with Gasteiger partial charge in [0.15, 0.2) is 22.3 Å². The van der Waals surface area contributed by atoms with Gasteiger partial charge in [0.1, 0.15) is 5.52 Å². The maximum atomic E-state index is 13.2. The Bertz CT molecular complexity index is 1380. The highest BCUT2D eigenvalue weighted by molar-refractivity contribution is 7.17. The minimum Gasteiger partial charge on any atom is -0.459 e. The first-order valence-corrected chi connectivity index (χ1v) is 12.1. The molecule has 2 aliphatic rings.